The van der Waals surface area contributed by atoms with Crippen molar-refractivity contribution in [1.29, 1.82) is 0 Å². The summed E-state index contributed by atoms with van der Waals surface area (Å²) in [7, 11) is 0. The molecule has 2 aromatic heterocycles. The Morgan fingerprint density at radius 3 is 2.62 bits per heavy atom. The third-order valence-electron chi connectivity index (χ3n) is 3.21. The molecule has 0 fully saturated rings. The number of imidazole rings is 1. The summed E-state index contributed by atoms with van der Waals surface area (Å²) in [6.07, 6.45) is 3.09. The zero-order chi connectivity index (χ0) is 14.8. The van der Waals surface area contributed by atoms with Gasteiger partial charge in [0.05, 0.1) is 12.9 Å². The molecule has 21 heavy (non-hydrogen) atoms. The highest BCUT2D eigenvalue weighted by atomic mass is 16.5. The van der Waals surface area contributed by atoms with E-state index in [0.29, 0.717) is 30.3 Å². The van der Waals surface area contributed by atoms with Crippen LogP contribution in [-0.4, -0.2) is 19.5 Å². The first-order valence-corrected chi connectivity index (χ1v) is 6.70. The summed E-state index contributed by atoms with van der Waals surface area (Å²) < 4.78 is 7.56. The Hall–Kier alpha value is -2.47. The first kappa shape index (κ1) is 13.5. The number of fused-ring (bicyclic) bond motifs is 1. The summed E-state index contributed by atoms with van der Waals surface area (Å²) in [4.78, 5) is 12.3. The van der Waals surface area contributed by atoms with Gasteiger partial charge in [0.1, 0.15) is 18.6 Å². The Labute approximate surface area is 122 Å². The van der Waals surface area contributed by atoms with E-state index in [0.717, 1.165) is 5.56 Å². The maximum atomic E-state index is 5.75. The predicted molar refractivity (Wildman–Crippen MR) is 80.4 cm³/mol. The van der Waals surface area contributed by atoms with E-state index in [1.807, 2.05) is 4.57 Å². The molecule has 2 heterocycles. The summed E-state index contributed by atoms with van der Waals surface area (Å²) in [5, 5.41) is 0. The van der Waals surface area contributed by atoms with E-state index < -0.39 is 0 Å². The molecule has 2 N–H and O–H groups in total. The van der Waals surface area contributed by atoms with Gasteiger partial charge in [-0.2, -0.15) is 0 Å². The summed E-state index contributed by atoms with van der Waals surface area (Å²) in [6, 6.07) is 6.39. The van der Waals surface area contributed by atoms with E-state index in [9.17, 15) is 0 Å². The molecule has 0 aliphatic heterocycles. The molecule has 1 aromatic carbocycles. The number of benzene rings is 1. The van der Waals surface area contributed by atoms with Crippen molar-refractivity contribution in [3.8, 4) is 0 Å². The number of rotatable bonds is 4. The molecule has 0 saturated carbocycles. The van der Waals surface area contributed by atoms with Gasteiger partial charge in [-0.1, -0.05) is 29.3 Å². The SMILES string of the molecule is Cc1cc(C)cc(COCn2cnc3c(N)ncnc32)c1. The van der Waals surface area contributed by atoms with Crippen molar-refractivity contribution < 1.29 is 4.74 Å². The van der Waals surface area contributed by atoms with Crippen LogP contribution in [0.15, 0.2) is 30.9 Å². The zero-order valence-corrected chi connectivity index (χ0v) is 12.1. The lowest BCUT2D eigenvalue weighted by atomic mass is 10.1. The number of hydrogen-bond donors (Lipinski definition) is 1. The molecule has 6 heteroatoms. The minimum absolute atomic E-state index is 0.375. The molecular formula is C15H17N5O. The largest absolute Gasteiger partial charge is 0.382 e. The number of nitrogens with two attached hydrogens (primary N) is 1. The van der Waals surface area contributed by atoms with Gasteiger partial charge in [-0.05, 0) is 19.4 Å². The second-order valence-corrected chi connectivity index (χ2v) is 5.12. The predicted octanol–water partition coefficient (Wildman–Crippen LogP) is 2.20. The normalized spacial score (nSPS) is 11.1. The second-order valence-electron chi connectivity index (χ2n) is 5.12. The minimum Gasteiger partial charge on any atom is -0.382 e. The Kier molecular flexibility index (Phi) is 3.53. The van der Waals surface area contributed by atoms with E-state index in [-0.39, 0.29) is 0 Å². The molecule has 0 atom stereocenters. The van der Waals surface area contributed by atoms with Crippen molar-refractivity contribution in [3.05, 3.63) is 47.5 Å². The van der Waals surface area contributed by atoms with E-state index in [1.54, 1.807) is 6.33 Å². The molecule has 3 aromatic rings. The van der Waals surface area contributed by atoms with Gasteiger partial charge in [0.15, 0.2) is 11.5 Å². The number of aromatic nitrogens is 4. The number of nitrogen functional groups attached to an aromatic ring is 1. The van der Waals surface area contributed by atoms with E-state index >= 15 is 0 Å². The molecule has 108 valence electrons. The molecule has 0 aliphatic rings. The fourth-order valence-electron chi connectivity index (χ4n) is 2.41. The Morgan fingerprint density at radius 2 is 1.86 bits per heavy atom. The van der Waals surface area contributed by atoms with Gasteiger partial charge < -0.3 is 10.5 Å². The lowest BCUT2D eigenvalue weighted by Crippen LogP contribution is -2.03. The molecule has 0 radical (unpaired) electrons. The van der Waals surface area contributed by atoms with Crippen molar-refractivity contribution >= 4 is 17.0 Å². The highest BCUT2D eigenvalue weighted by Gasteiger charge is 2.07. The van der Waals surface area contributed by atoms with Crippen LogP contribution in [0.2, 0.25) is 0 Å². The maximum absolute atomic E-state index is 5.75. The van der Waals surface area contributed by atoms with E-state index in [2.05, 4.69) is 47.0 Å². The number of nitrogens with zero attached hydrogens (tertiary/aromatic N) is 4. The van der Waals surface area contributed by atoms with Gasteiger partial charge in [-0.25, -0.2) is 15.0 Å². The summed E-state index contributed by atoms with van der Waals surface area (Å²) in [6.45, 7) is 5.09. The van der Waals surface area contributed by atoms with Gasteiger partial charge in [-0.3, -0.25) is 4.57 Å². The fourth-order valence-corrected chi connectivity index (χ4v) is 2.41. The van der Waals surface area contributed by atoms with Crippen LogP contribution < -0.4 is 5.73 Å². The average Bonchev–Trinajstić information content (AvgIpc) is 2.83. The maximum Gasteiger partial charge on any atom is 0.167 e. The monoisotopic (exact) mass is 283 g/mol. The molecule has 0 bridgehead atoms. The van der Waals surface area contributed by atoms with Gasteiger partial charge in [0, 0.05) is 0 Å². The van der Waals surface area contributed by atoms with E-state index in [1.165, 1.54) is 17.5 Å². The number of aryl methyl sites for hydroxylation is 2. The van der Waals surface area contributed by atoms with Crippen molar-refractivity contribution in [2.75, 3.05) is 5.73 Å². The number of ether oxygens (including phenoxy) is 1. The van der Waals surface area contributed by atoms with E-state index in [4.69, 9.17) is 10.5 Å². The minimum atomic E-state index is 0.375. The van der Waals surface area contributed by atoms with Crippen LogP contribution in [-0.2, 0) is 18.1 Å². The van der Waals surface area contributed by atoms with Crippen LogP contribution in [0, 0.1) is 13.8 Å². The lowest BCUT2D eigenvalue weighted by Gasteiger charge is -2.08. The van der Waals surface area contributed by atoms with Crippen LogP contribution in [0.3, 0.4) is 0 Å². The van der Waals surface area contributed by atoms with Gasteiger partial charge in [0.25, 0.3) is 0 Å². The second kappa shape index (κ2) is 5.49. The van der Waals surface area contributed by atoms with Gasteiger partial charge >= 0.3 is 0 Å². The Morgan fingerprint density at radius 1 is 1.10 bits per heavy atom. The lowest BCUT2D eigenvalue weighted by molar-refractivity contribution is 0.0660. The third kappa shape index (κ3) is 2.85. The van der Waals surface area contributed by atoms with Crippen molar-refractivity contribution in [3.63, 3.8) is 0 Å². The molecule has 0 saturated heterocycles. The Bertz CT molecular complexity index is 761. The standard InChI is InChI=1S/C15H17N5O/c1-10-3-11(2)5-12(4-10)6-21-9-20-8-19-13-14(16)17-7-18-15(13)20/h3-5,7-8H,6,9H2,1-2H3,(H2,16,17,18). The van der Waals surface area contributed by atoms with Crippen LogP contribution >= 0.6 is 0 Å². The molecule has 0 amide bonds. The quantitative estimate of drug-likeness (QED) is 0.794. The molecular weight excluding hydrogens is 266 g/mol. The summed E-state index contributed by atoms with van der Waals surface area (Å²) >= 11 is 0. The summed E-state index contributed by atoms with van der Waals surface area (Å²) in [5.41, 5.74) is 10.7. The third-order valence-corrected chi connectivity index (χ3v) is 3.21. The van der Waals surface area contributed by atoms with Crippen LogP contribution in [0.25, 0.3) is 11.2 Å². The average molecular weight is 283 g/mol. The number of hydrogen-bond acceptors (Lipinski definition) is 5. The van der Waals surface area contributed by atoms with Crippen molar-refractivity contribution in [1.82, 2.24) is 19.5 Å². The fraction of sp³-hybridized carbons (Fsp3) is 0.267. The topological polar surface area (TPSA) is 78.9 Å². The van der Waals surface area contributed by atoms with Crippen LogP contribution in [0.4, 0.5) is 5.82 Å². The molecule has 0 unspecified atom stereocenters. The first-order chi connectivity index (χ1) is 10.1. The first-order valence-electron chi connectivity index (χ1n) is 6.70. The highest BCUT2D eigenvalue weighted by Crippen LogP contribution is 2.15. The number of anilines is 1. The summed E-state index contributed by atoms with van der Waals surface area (Å²) in [5.74, 6) is 0.382. The smallest absolute Gasteiger partial charge is 0.167 e. The van der Waals surface area contributed by atoms with Crippen molar-refractivity contribution in [2.45, 2.75) is 27.2 Å². The molecule has 0 aliphatic carbocycles. The molecule has 0 spiro atoms. The Balaban J connectivity index is 1.71. The van der Waals surface area contributed by atoms with Crippen molar-refractivity contribution in [2.24, 2.45) is 0 Å². The van der Waals surface area contributed by atoms with Crippen LogP contribution in [0.1, 0.15) is 16.7 Å². The molecule has 6 nitrogen and oxygen atoms in total. The highest BCUT2D eigenvalue weighted by molar-refractivity contribution is 5.80. The van der Waals surface area contributed by atoms with Crippen LogP contribution in [0.5, 0.6) is 0 Å². The molecule has 3 rings (SSSR count). The van der Waals surface area contributed by atoms with Gasteiger partial charge in [-0.15, -0.1) is 0 Å². The van der Waals surface area contributed by atoms with Gasteiger partial charge in [0.2, 0.25) is 0 Å². The zero-order valence-electron chi connectivity index (χ0n) is 12.1.